The molecule has 0 saturated carbocycles. The first-order chi connectivity index (χ1) is 14.7. The third kappa shape index (κ3) is 5.98. The number of hydrogen-bond donors (Lipinski definition) is 4. The standard InChI is InChI=1S/C17H23BrFN7O4S/c1-10(2)25-31(28,29)26-8-11(9-26)5-6-20-16-15(23-30-24-16)17(22-27)21-12-3-4-14(19)13(18)7-12/h3-4,7,10-11,25,27H,5-6,8-9H2,1-2H3,(H,20,24)(H,21,22). The number of hydroxylamine groups is 1. The van der Waals surface area contributed by atoms with Crippen molar-refractivity contribution in [2.24, 2.45) is 10.9 Å². The summed E-state index contributed by atoms with van der Waals surface area (Å²) in [6.45, 7) is 4.92. The lowest BCUT2D eigenvalue weighted by Gasteiger charge is -2.38. The SMILES string of the molecule is CC(C)NS(=O)(=O)N1CC(CCNc2nonc2C(=Nc2ccc(F)c(Br)c2)NO)C1. The van der Waals surface area contributed by atoms with Crippen LogP contribution in [0.4, 0.5) is 15.9 Å². The minimum Gasteiger partial charge on any atom is -0.365 e. The van der Waals surface area contributed by atoms with Gasteiger partial charge in [-0.15, -0.1) is 0 Å². The number of hydrogen-bond acceptors (Lipinski definition) is 8. The Morgan fingerprint density at radius 1 is 1.42 bits per heavy atom. The topological polar surface area (TPSA) is 145 Å². The quantitative estimate of drug-likeness (QED) is 0.223. The van der Waals surface area contributed by atoms with E-state index in [1.807, 2.05) is 5.48 Å². The maximum Gasteiger partial charge on any atom is 0.279 e. The molecule has 31 heavy (non-hydrogen) atoms. The van der Waals surface area contributed by atoms with Gasteiger partial charge < -0.3 is 5.32 Å². The highest BCUT2D eigenvalue weighted by molar-refractivity contribution is 9.10. The van der Waals surface area contributed by atoms with Crippen LogP contribution in [0.2, 0.25) is 0 Å². The fraction of sp³-hybridized carbons (Fsp3) is 0.471. The van der Waals surface area contributed by atoms with Crippen LogP contribution in [0, 0.1) is 11.7 Å². The van der Waals surface area contributed by atoms with Gasteiger partial charge in [-0.05, 0) is 70.6 Å². The molecule has 0 amide bonds. The number of amidine groups is 1. The third-order valence-electron chi connectivity index (χ3n) is 4.46. The Hall–Kier alpha value is -2.13. The Kier molecular flexibility index (Phi) is 7.59. The average Bonchev–Trinajstić information content (AvgIpc) is 3.11. The van der Waals surface area contributed by atoms with Gasteiger partial charge in [0.15, 0.2) is 11.5 Å². The van der Waals surface area contributed by atoms with Gasteiger partial charge in [-0.3, -0.25) is 10.7 Å². The minimum atomic E-state index is -3.43. The van der Waals surface area contributed by atoms with E-state index in [4.69, 9.17) is 4.63 Å². The van der Waals surface area contributed by atoms with Crippen molar-refractivity contribution in [1.29, 1.82) is 0 Å². The summed E-state index contributed by atoms with van der Waals surface area (Å²) in [6, 6.07) is 3.95. The van der Waals surface area contributed by atoms with Crippen molar-refractivity contribution >= 4 is 43.5 Å². The van der Waals surface area contributed by atoms with Crippen molar-refractivity contribution in [3.8, 4) is 0 Å². The molecule has 0 atom stereocenters. The van der Waals surface area contributed by atoms with Crippen molar-refractivity contribution in [2.75, 3.05) is 25.0 Å². The highest BCUT2D eigenvalue weighted by atomic mass is 79.9. The van der Waals surface area contributed by atoms with Gasteiger partial charge >= 0.3 is 0 Å². The van der Waals surface area contributed by atoms with E-state index in [1.54, 1.807) is 13.8 Å². The highest BCUT2D eigenvalue weighted by Crippen LogP contribution is 2.24. The number of nitrogens with one attached hydrogen (secondary N) is 3. The molecule has 0 aliphatic carbocycles. The van der Waals surface area contributed by atoms with Crippen LogP contribution in [0.5, 0.6) is 0 Å². The zero-order valence-electron chi connectivity index (χ0n) is 16.8. The minimum absolute atomic E-state index is 0.0390. The number of nitrogens with zero attached hydrogens (tertiary/aromatic N) is 4. The van der Waals surface area contributed by atoms with E-state index in [2.05, 4.69) is 41.3 Å². The molecule has 4 N–H and O–H groups in total. The van der Waals surface area contributed by atoms with Crippen LogP contribution in [0.25, 0.3) is 0 Å². The van der Waals surface area contributed by atoms with Crippen molar-refractivity contribution in [3.05, 3.63) is 34.2 Å². The fourth-order valence-electron chi connectivity index (χ4n) is 2.94. The molecule has 14 heteroatoms. The maximum absolute atomic E-state index is 13.4. The first-order valence-electron chi connectivity index (χ1n) is 9.47. The summed E-state index contributed by atoms with van der Waals surface area (Å²) in [5.74, 6) is -0.0137. The Morgan fingerprint density at radius 3 is 2.81 bits per heavy atom. The zero-order chi connectivity index (χ0) is 22.6. The summed E-state index contributed by atoms with van der Waals surface area (Å²) in [5, 5.41) is 20.0. The van der Waals surface area contributed by atoms with Gasteiger partial charge in [0, 0.05) is 25.7 Å². The van der Waals surface area contributed by atoms with Crippen molar-refractivity contribution in [2.45, 2.75) is 26.3 Å². The molecular formula is C17H23BrFN7O4S. The second-order valence-corrected chi connectivity index (χ2v) is 9.86. The number of benzene rings is 1. The summed E-state index contributed by atoms with van der Waals surface area (Å²) in [6.07, 6.45) is 0.698. The van der Waals surface area contributed by atoms with Crippen LogP contribution >= 0.6 is 15.9 Å². The molecule has 0 radical (unpaired) electrons. The monoisotopic (exact) mass is 519 g/mol. The molecule has 2 heterocycles. The lowest BCUT2D eigenvalue weighted by atomic mass is 9.99. The van der Waals surface area contributed by atoms with Gasteiger partial charge in [-0.2, -0.15) is 17.4 Å². The predicted octanol–water partition coefficient (Wildman–Crippen LogP) is 2.00. The predicted molar refractivity (Wildman–Crippen MR) is 115 cm³/mol. The van der Waals surface area contributed by atoms with Crippen molar-refractivity contribution < 1.29 is 22.6 Å². The van der Waals surface area contributed by atoms with E-state index < -0.39 is 16.0 Å². The van der Waals surface area contributed by atoms with Gasteiger partial charge in [0.2, 0.25) is 5.82 Å². The Labute approximate surface area is 187 Å². The maximum atomic E-state index is 13.4. The van der Waals surface area contributed by atoms with Crippen molar-refractivity contribution in [1.82, 2.24) is 24.8 Å². The summed E-state index contributed by atoms with van der Waals surface area (Å²) < 4.78 is 46.5. The molecule has 0 spiro atoms. The Bertz CT molecular complexity index is 1040. The molecule has 0 unspecified atom stereocenters. The van der Waals surface area contributed by atoms with Gasteiger partial charge in [0.1, 0.15) is 5.82 Å². The first kappa shape index (κ1) is 23.5. The summed E-state index contributed by atoms with van der Waals surface area (Å²) >= 11 is 3.08. The molecule has 1 aliphatic heterocycles. The van der Waals surface area contributed by atoms with E-state index in [0.717, 1.165) is 0 Å². The molecule has 0 bridgehead atoms. The van der Waals surface area contributed by atoms with Crippen LogP contribution in [0.15, 0.2) is 32.3 Å². The van der Waals surface area contributed by atoms with Crippen LogP contribution in [0.1, 0.15) is 26.0 Å². The van der Waals surface area contributed by atoms with Crippen LogP contribution in [-0.2, 0) is 10.2 Å². The van der Waals surface area contributed by atoms with Gasteiger partial charge in [0.25, 0.3) is 10.2 Å². The smallest absolute Gasteiger partial charge is 0.279 e. The molecule has 1 saturated heterocycles. The summed E-state index contributed by atoms with van der Waals surface area (Å²) in [7, 11) is -3.43. The van der Waals surface area contributed by atoms with E-state index in [-0.39, 0.29) is 33.8 Å². The molecule has 3 rings (SSSR count). The molecule has 2 aromatic rings. The fourth-order valence-corrected chi connectivity index (χ4v) is 4.87. The Morgan fingerprint density at radius 2 is 2.16 bits per heavy atom. The highest BCUT2D eigenvalue weighted by Gasteiger charge is 2.35. The molecule has 1 aromatic carbocycles. The summed E-state index contributed by atoms with van der Waals surface area (Å²) in [4.78, 5) is 4.19. The number of aliphatic imine (C=N–C) groups is 1. The number of anilines is 1. The number of aromatic nitrogens is 2. The normalized spacial score (nSPS) is 15.9. The summed E-state index contributed by atoms with van der Waals surface area (Å²) in [5.41, 5.74) is 2.45. The molecule has 11 nitrogen and oxygen atoms in total. The van der Waals surface area contributed by atoms with E-state index in [9.17, 15) is 18.0 Å². The van der Waals surface area contributed by atoms with Gasteiger partial charge in [-0.1, -0.05) is 0 Å². The first-order valence-corrected chi connectivity index (χ1v) is 11.7. The average molecular weight is 520 g/mol. The molecule has 170 valence electrons. The van der Waals surface area contributed by atoms with E-state index >= 15 is 0 Å². The third-order valence-corrected chi connectivity index (χ3v) is 6.81. The number of halogens is 2. The van der Waals surface area contributed by atoms with Crippen molar-refractivity contribution in [3.63, 3.8) is 0 Å². The van der Waals surface area contributed by atoms with Crippen LogP contribution < -0.4 is 15.5 Å². The van der Waals surface area contributed by atoms with Gasteiger partial charge in [-0.25, -0.2) is 14.0 Å². The lowest BCUT2D eigenvalue weighted by molar-refractivity contribution is 0.191. The van der Waals surface area contributed by atoms with Crippen LogP contribution in [-0.4, -0.2) is 59.8 Å². The van der Waals surface area contributed by atoms with Gasteiger partial charge in [0.05, 0.1) is 10.2 Å². The van der Waals surface area contributed by atoms with E-state index in [1.165, 1.54) is 22.5 Å². The number of rotatable bonds is 9. The molecule has 1 aromatic heterocycles. The largest absolute Gasteiger partial charge is 0.365 e. The second-order valence-electron chi connectivity index (χ2n) is 7.31. The molecule has 1 fully saturated rings. The zero-order valence-corrected chi connectivity index (χ0v) is 19.2. The molecular weight excluding hydrogens is 497 g/mol. The lowest BCUT2D eigenvalue weighted by Crippen LogP contribution is -2.55. The second kappa shape index (κ2) is 9.99. The van der Waals surface area contributed by atoms with Crippen LogP contribution in [0.3, 0.4) is 0 Å². The van der Waals surface area contributed by atoms with E-state index in [0.29, 0.717) is 31.7 Å². The Balaban J connectivity index is 1.56. The molecule has 1 aliphatic rings.